The van der Waals surface area contributed by atoms with E-state index in [2.05, 4.69) is 53.6 Å². The van der Waals surface area contributed by atoms with Gasteiger partial charge in [-0.25, -0.2) is 4.98 Å². The van der Waals surface area contributed by atoms with Gasteiger partial charge in [-0.3, -0.25) is 9.89 Å². The number of aromatic nitrogens is 1. The molecule has 0 amide bonds. The molecule has 2 N–H and O–H groups in total. The van der Waals surface area contributed by atoms with Crippen molar-refractivity contribution >= 4 is 41.3 Å². The molecular weight excluding hydrogens is 457 g/mol. The second kappa shape index (κ2) is 12.1. The summed E-state index contributed by atoms with van der Waals surface area (Å²) in [5.74, 6) is 0.933. The second-order valence-corrected chi connectivity index (χ2v) is 8.41. The fourth-order valence-electron chi connectivity index (χ4n) is 3.18. The first kappa shape index (κ1) is 23.6. The van der Waals surface area contributed by atoms with Crippen molar-refractivity contribution in [1.29, 1.82) is 0 Å². The van der Waals surface area contributed by atoms with Crippen LogP contribution >= 0.6 is 35.3 Å². The number of aliphatic imine (C=N–C) groups is 1. The van der Waals surface area contributed by atoms with Gasteiger partial charge in [-0.15, -0.1) is 35.3 Å². The molecule has 2 heterocycles. The lowest BCUT2D eigenvalue weighted by atomic mass is 9.99. The number of likely N-dealkylation sites (tertiary alicyclic amines) is 1. The standard InChI is InChI=1S/C19H35N5S.HI/c1-5-20-18(21-11-9-10-17-23-16(2)14-25-17)22-15-19(3,4)24-12-7-6-8-13-24;/h14H,5-13,15H2,1-4H3,(H2,20,21,22);1H. The first-order valence-corrected chi connectivity index (χ1v) is 10.6. The molecule has 150 valence electrons. The molecule has 2 rings (SSSR count). The van der Waals surface area contributed by atoms with Crippen molar-refractivity contribution in [3.63, 3.8) is 0 Å². The van der Waals surface area contributed by atoms with Crippen LogP contribution in [-0.4, -0.2) is 54.1 Å². The van der Waals surface area contributed by atoms with Gasteiger partial charge in [0.15, 0.2) is 5.96 Å². The number of rotatable bonds is 8. The van der Waals surface area contributed by atoms with Crippen LogP contribution in [0.5, 0.6) is 0 Å². The van der Waals surface area contributed by atoms with Crippen molar-refractivity contribution in [2.75, 3.05) is 32.7 Å². The van der Waals surface area contributed by atoms with Gasteiger partial charge < -0.3 is 10.6 Å². The minimum Gasteiger partial charge on any atom is -0.357 e. The fourth-order valence-corrected chi connectivity index (χ4v) is 4.00. The Hall–Kier alpha value is -0.410. The highest BCUT2D eigenvalue weighted by Crippen LogP contribution is 2.20. The molecule has 0 saturated carbocycles. The summed E-state index contributed by atoms with van der Waals surface area (Å²) in [5, 5.41) is 10.2. The van der Waals surface area contributed by atoms with Crippen molar-refractivity contribution < 1.29 is 0 Å². The van der Waals surface area contributed by atoms with Crippen LogP contribution in [-0.2, 0) is 6.42 Å². The first-order valence-electron chi connectivity index (χ1n) is 9.69. The number of thiazole rings is 1. The van der Waals surface area contributed by atoms with Gasteiger partial charge in [0.25, 0.3) is 0 Å². The first-order chi connectivity index (χ1) is 12.0. The second-order valence-electron chi connectivity index (χ2n) is 7.47. The highest BCUT2D eigenvalue weighted by molar-refractivity contribution is 14.0. The van der Waals surface area contributed by atoms with E-state index in [4.69, 9.17) is 4.99 Å². The van der Waals surface area contributed by atoms with Crippen LogP contribution in [0.15, 0.2) is 10.4 Å². The predicted octanol–water partition coefficient (Wildman–Crippen LogP) is 3.82. The maximum absolute atomic E-state index is 4.85. The molecule has 0 atom stereocenters. The lowest BCUT2D eigenvalue weighted by Crippen LogP contribution is -2.49. The number of nitrogens with one attached hydrogen (secondary N) is 2. The Kier molecular flexibility index (Phi) is 11.0. The van der Waals surface area contributed by atoms with E-state index in [1.165, 1.54) is 37.4 Å². The highest BCUT2D eigenvalue weighted by atomic mass is 127. The van der Waals surface area contributed by atoms with E-state index < -0.39 is 0 Å². The molecule has 0 spiro atoms. The molecule has 0 aromatic carbocycles. The molecule has 0 aliphatic carbocycles. The maximum atomic E-state index is 4.85. The zero-order valence-electron chi connectivity index (χ0n) is 16.8. The van der Waals surface area contributed by atoms with Crippen molar-refractivity contribution in [1.82, 2.24) is 20.5 Å². The number of hydrogen-bond acceptors (Lipinski definition) is 4. The molecule has 1 aliphatic rings. The topological polar surface area (TPSA) is 52.6 Å². The van der Waals surface area contributed by atoms with Gasteiger partial charge in [0.1, 0.15) is 0 Å². The summed E-state index contributed by atoms with van der Waals surface area (Å²) in [5.41, 5.74) is 1.25. The number of hydrogen-bond donors (Lipinski definition) is 2. The van der Waals surface area contributed by atoms with E-state index in [0.29, 0.717) is 0 Å². The molecule has 1 aliphatic heterocycles. The lowest BCUT2D eigenvalue weighted by Gasteiger charge is -2.40. The van der Waals surface area contributed by atoms with Gasteiger partial charge in [0.05, 0.1) is 11.6 Å². The Labute approximate surface area is 180 Å². The largest absolute Gasteiger partial charge is 0.357 e. The molecular formula is C19H36IN5S. The van der Waals surface area contributed by atoms with E-state index in [-0.39, 0.29) is 29.5 Å². The minimum atomic E-state index is 0. The van der Waals surface area contributed by atoms with Gasteiger partial charge >= 0.3 is 0 Å². The SMILES string of the molecule is CCNC(=NCC(C)(C)N1CCCCC1)NCCCc1nc(C)cs1.I. The van der Waals surface area contributed by atoms with E-state index in [1.54, 1.807) is 11.3 Å². The Bertz CT molecular complexity index is 538. The number of halogens is 1. The summed E-state index contributed by atoms with van der Waals surface area (Å²) in [6, 6.07) is 0. The summed E-state index contributed by atoms with van der Waals surface area (Å²) in [6.45, 7) is 13.9. The summed E-state index contributed by atoms with van der Waals surface area (Å²) >= 11 is 1.76. The quantitative estimate of drug-likeness (QED) is 0.250. The zero-order valence-corrected chi connectivity index (χ0v) is 20.0. The Balaban J connectivity index is 0.00000338. The third kappa shape index (κ3) is 8.08. The Morgan fingerprint density at radius 2 is 2.00 bits per heavy atom. The predicted molar refractivity (Wildman–Crippen MR) is 124 cm³/mol. The monoisotopic (exact) mass is 493 g/mol. The summed E-state index contributed by atoms with van der Waals surface area (Å²) in [4.78, 5) is 12.0. The van der Waals surface area contributed by atoms with E-state index in [0.717, 1.165) is 44.1 Å². The van der Waals surface area contributed by atoms with Gasteiger partial charge in [-0.2, -0.15) is 0 Å². The molecule has 1 aromatic rings. The lowest BCUT2D eigenvalue weighted by molar-refractivity contribution is 0.102. The average molecular weight is 494 g/mol. The number of piperidine rings is 1. The van der Waals surface area contributed by atoms with Crippen molar-refractivity contribution in [2.45, 2.75) is 65.3 Å². The van der Waals surface area contributed by atoms with Gasteiger partial charge in [-0.1, -0.05) is 6.42 Å². The fraction of sp³-hybridized carbons (Fsp3) is 0.789. The van der Waals surface area contributed by atoms with E-state index >= 15 is 0 Å². The smallest absolute Gasteiger partial charge is 0.191 e. The van der Waals surface area contributed by atoms with Crippen LogP contribution in [0.25, 0.3) is 0 Å². The Morgan fingerprint density at radius 3 is 2.62 bits per heavy atom. The summed E-state index contributed by atoms with van der Waals surface area (Å²) in [6.07, 6.45) is 6.12. The van der Waals surface area contributed by atoms with Crippen LogP contribution in [0, 0.1) is 6.92 Å². The molecule has 0 radical (unpaired) electrons. The van der Waals surface area contributed by atoms with Crippen LogP contribution in [0.4, 0.5) is 0 Å². The van der Waals surface area contributed by atoms with E-state index in [1.807, 2.05) is 0 Å². The van der Waals surface area contributed by atoms with Gasteiger partial charge in [0, 0.05) is 36.1 Å². The third-order valence-corrected chi connectivity index (χ3v) is 5.73. The molecule has 26 heavy (non-hydrogen) atoms. The van der Waals surface area contributed by atoms with Gasteiger partial charge in [0.2, 0.25) is 0 Å². The molecule has 1 aromatic heterocycles. The van der Waals surface area contributed by atoms with Crippen molar-refractivity contribution in [2.24, 2.45) is 4.99 Å². The molecule has 5 nitrogen and oxygen atoms in total. The molecule has 0 unspecified atom stereocenters. The highest BCUT2D eigenvalue weighted by Gasteiger charge is 2.27. The van der Waals surface area contributed by atoms with Crippen LogP contribution in [0.2, 0.25) is 0 Å². The third-order valence-electron chi connectivity index (χ3n) is 4.71. The minimum absolute atomic E-state index is 0. The van der Waals surface area contributed by atoms with Crippen molar-refractivity contribution in [3.05, 3.63) is 16.1 Å². The number of guanidine groups is 1. The molecule has 0 bridgehead atoms. The van der Waals surface area contributed by atoms with E-state index in [9.17, 15) is 0 Å². The van der Waals surface area contributed by atoms with Crippen LogP contribution in [0.1, 0.15) is 57.2 Å². The number of nitrogens with zero attached hydrogens (tertiary/aromatic N) is 3. The average Bonchev–Trinajstić information content (AvgIpc) is 3.02. The zero-order chi connectivity index (χ0) is 18.1. The van der Waals surface area contributed by atoms with Crippen molar-refractivity contribution in [3.8, 4) is 0 Å². The number of aryl methyl sites for hydroxylation is 2. The molecule has 1 saturated heterocycles. The van der Waals surface area contributed by atoms with Crippen LogP contribution in [0.3, 0.4) is 0 Å². The van der Waals surface area contributed by atoms with Gasteiger partial charge in [-0.05, 0) is 60.0 Å². The molecule has 1 fully saturated rings. The summed E-state index contributed by atoms with van der Waals surface area (Å²) < 4.78 is 0. The van der Waals surface area contributed by atoms with Crippen LogP contribution < -0.4 is 10.6 Å². The Morgan fingerprint density at radius 1 is 1.27 bits per heavy atom. The maximum Gasteiger partial charge on any atom is 0.191 e. The molecule has 7 heteroatoms. The normalized spacial score (nSPS) is 16.2. The summed E-state index contributed by atoms with van der Waals surface area (Å²) in [7, 11) is 0.